The van der Waals surface area contributed by atoms with Gasteiger partial charge in [-0.15, -0.1) is 0 Å². The number of fused-ring (bicyclic) bond motifs is 1. The minimum atomic E-state index is -5.94. The molecular formula is C15H13F6NO3S. The van der Waals surface area contributed by atoms with Crippen LogP contribution in [0.1, 0.15) is 0 Å². The molecule has 26 heavy (non-hydrogen) atoms. The molecule has 0 bridgehead atoms. The second kappa shape index (κ2) is 6.62. The first-order chi connectivity index (χ1) is 11.7. The van der Waals surface area contributed by atoms with Gasteiger partial charge in [-0.05, 0) is 12.1 Å². The van der Waals surface area contributed by atoms with Crippen LogP contribution < -0.4 is 4.90 Å². The quantitative estimate of drug-likeness (QED) is 0.572. The number of alkyl halides is 6. The Bertz CT molecular complexity index is 892. The Balaban J connectivity index is 2.62. The molecule has 2 rings (SSSR count). The highest BCUT2D eigenvalue weighted by Gasteiger charge is 2.60. The summed E-state index contributed by atoms with van der Waals surface area (Å²) in [5, 5.41) is 0.277. The van der Waals surface area contributed by atoms with E-state index in [4.69, 9.17) is 0 Å². The maximum atomic E-state index is 12.6. The van der Waals surface area contributed by atoms with Crippen molar-refractivity contribution in [3.05, 3.63) is 36.4 Å². The van der Waals surface area contributed by atoms with Crippen molar-refractivity contribution in [3.8, 4) is 0 Å². The molecule has 0 saturated heterocycles. The fourth-order valence-corrected chi connectivity index (χ4v) is 3.61. The van der Waals surface area contributed by atoms with Crippen LogP contribution in [0.4, 0.5) is 32.0 Å². The number of nitrogens with zero attached hydrogens (tertiary/aromatic N) is 1. The smallest absolute Gasteiger partial charge is 0.377 e. The highest BCUT2D eigenvalue weighted by Crippen LogP contribution is 2.39. The summed E-state index contributed by atoms with van der Waals surface area (Å²) in [5.41, 5.74) is 0.530. The summed E-state index contributed by atoms with van der Waals surface area (Å²) in [5.74, 6) is 0. The van der Waals surface area contributed by atoms with Gasteiger partial charge < -0.3 is 4.90 Å². The first-order valence-electron chi connectivity index (χ1n) is 7.01. The van der Waals surface area contributed by atoms with Crippen LogP contribution in [-0.2, 0) is 14.3 Å². The molecule has 0 atom stereocenters. The van der Waals surface area contributed by atoms with E-state index in [0.717, 1.165) is 6.07 Å². The van der Waals surface area contributed by atoms with E-state index in [0.29, 0.717) is 11.1 Å². The van der Waals surface area contributed by atoms with Gasteiger partial charge in [0.05, 0.1) is 0 Å². The van der Waals surface area contributed by atoms with Crippen molar-refractivity contribution in [2.75, 3.05) is 19.0 Å². The molecule has 0 fully saturated rings. The van der Waals surface area contributed by atoms with Crippen molar-refractivity contribution in [2.24, 2.45) is 0 Å². The Hall–Kier alpha value is -2.01. The van der Waals surface area contributed by atoms with Gasteiger partial charge in [0.1, 0.15) is 4.90 Å². The van der Waals surface area contributed by atoms with Crippen LogP contribution in [0.5, 0.6) is 0 Å². The molecule has 0 aliphatic rings. The third-order valence-electron chi connectivity index (χ3n) is 3.43. The van der Waals surface area contributed by atoms with Crippen LogP contribution in [0.3, 0.4) is 0 Å². The zero-order valence-electron chi connectivity index (χ0n) is 13.4. The Morgan fingerprint density at radius 1 is 0.885 bits per heavy atom. The molecule has 0 aliphatic heterocycles. The Morgan fingerprint density at radius 2 is 1.38 bits per heavy atom. The predicted molar refractivity (Wildman–Crippen MR) is 82.4 cm³/mol. The Morgan fingerprint density at radius 3 is 1.88 bits per heavy atom. The monoisotopic (exact) mass is 401 g/mol. The van der Waals surface area contributed by atoms with Gasteiger partial charge in [-0.25, -0.2) is 4.18 Å². The third-order valence-corrected chi connectivity index (χ3v) is 4.77. The van der Waals surface area contributed by atoms with Gasteiger partial charge in [-0.3, -0.25) is 0 Å². The van der Waals surface area contributed by atoms with Gasteiger partial charge in [-0.1, -0.05) is 24.3 Å². The van der Waals surface area contributed by atoms with E-state index in [1.807, 2.05) is 0 Å². The third kappa shape index (κ3) is 4.04. The lowest BCUT2D eigenvalue weighted by Gasteiger charge is -2.23. The number of halogens is 6. The average molecular weight is 401 g/mol. The summed E-state index contributed by atoms with van der Waals surface area (Å²) < 4.78 is 104. The topological polar surface area (TPSA) is 46.6 Å². The maximum Gasteiger partial charge on any atom is 0.425 e. The number of hydrogen-bond donors (Lipinski definition) is 0. The molecule has 0 amide bonds. The van der Waals surface area contributed by atoms with Gasteiger partial charge >= 0.3 is 12.4 Å². The molecule has 0 saturated carbocycles. The molecular weight excluding hydrogens is 388 g/mol. The van der Waals surface area contributed by atoms with Crippen molar-refractivity contribution in [3.63, 3.8) is 0 Å². The molecule has 2 aromatic carbocycles. The molecule has 0 spiro atoms. The molecule has 0 heterocycles. The highest BCUT2D eigenvalue weighted by molar-refractivity contribution is 7.87. The molecule has 0 N–H and O–H groups in total. The van der Waals surface area contributed by atoms with Crippen LogP contribution >= 0.6 is 0 Å². The van der Waals surface area contributed by atoms with Crippen molar-refractivity contribution >= 4 is 26.6 Å². The number of benzene rings is 2. The number of hydrogen-bond acceptors (Lipinski definition) is 4. The van der Waals surface area contributed by atoms with Crippen LogP contribution in [0.15, 0.2) is 41.3 Å². The first kappa shape index (κ1) is 20.3. The van der Waals surface area contributed by atoms with Crippen molar-refractivity contribution in [2.45, 2.75) is 23.4 Å². The number of rotatable bonds is 4. The SMILES string of the molecule is CN(C)c1cccc2c(S(=O)(=O)OC(C(F)(F)F)C(F)(F)F)cccc12. The molecule has 0 aliphatic carbocycles. The molecule has 0 unspecified atom stereocenters. The van der Waals surface area contributed by atoms with Gasteiger partial charge in [0.25, 0.3) is 16.2 Å². The maximum absolute atomic E-state index is 12.6. The van der Waals surface area contributed by atoms with E-state index in [2.05, 4.69) is 4.18 Å². The van der Waals surface area contributed by atoms with Gasteiger partial charge in [-0.2, -0.15) is 34.8 Å². The fraction of sp³-hybridized carbons (Fsp3) is 0.333. The van der Waals surface area contributed by atoms with Crippen LogP contribution in [0.2, 0.25) is 0 Å². The minimum Gasteiger partial charge on any atom is -0.377 e. The van der Waals surface area contributed by atoms with E-state index in [9.17, 15) is 34.8 Å². The minimum absolute atomic E-state index is 0.0539. The lowest BCUT2D eigenvalue weighted by Crippen LogP contribution is -2.45. The van der Waals surface area contributed by atoms with Crippen molar-refractivity contribution in [1.82, 2.24) is 0 Å². The summed E-state index contributed by atoms with van der Waals surface area (Å²) in [7, 11) is -2.06. The normalized spacial score (nSPS) is 13.4. The second-order valence-electron chi connectivity index (χ2n) is 5.54. The zero-order chi connectivity index (χ0) is 19.9. The highest BCUT2D eigenvalue weighted by atomic mass is 32.2. The van der Waals surface area contributed by atoms with Gasteiger partial charge in [0.2, 0.25) is 0 Å². The van der Waals surface area contributed by atoms with Crippen molar-refractivity contribution in [1.29, 1.82) is 0 Å². The Labute approximate surface area is 145 Å². The van der Waals surface area contributed by atoms with E-state index in [1.54, 1.807) is 25.1 Å². The lowest BCUT2D eigenvalue weighted by molar-refractivity contribution is -0.299. The molecule has 4 nitrogen and oxygen atoms in total. The molecule has 11 heteroatoms. The summed E-state index contributed by atoms with van der Waals surface area (Å²) in [6.45, 7) is 0. The summed E-state index contributed by atoms with van der Waals surface area (Å²) in [4.78, 5) is 0.839. The second-order valence-corrected chi connectivity index (χ2v) is 7.08. The summed E-state index contributed by atoms with van der Waals surface area (Å²) in [6, 6.07) is 7.92. The van der Waals surface area contributed by atoms with Crippen LogP contribution in [-0.4, -0.2) is 41.0 Å². The zero-order valence-corrected chi connectivity index (χ0v) is 14.2. The molecule has 144 valence electrons. The first-order valence-corrected chi connectivity index (χ1v) is 8.42. The fourth-order valence-electron chi connectivity index (χ4n) is 2.35. The van der Waals surface area contributed by atoms with E-state index in [1.165, 1.54) is 24.3 Å². The van der Waals surface area contributed by atoms with Gasteiger partial charge in [0.15, 0.2) is 0 Å². The van der Waals surface area contributed by atoms with Crippen LogP contribution in [0, 0.1) is 0 Å². The predicted octanol–water partition coefficient (Wildman–Crippen LogP) is 4.10. The van der Waals surface area contributed by atoms with E-state index < -0.39 is 33.5 Å². The summed E-state index contributed by atoms with van der Waals surface area (Å²) in [6.07, 6.45) is -16.3. The Kier molecular flexibility index (Phi) is 5.17. The van der Waals surface area contributed by atoms with Gasteiger partial charge in [0, 0.05) is 30.6 Å². The average Bonchev–Trinajstić information content (AvgIpc) is 2.49. The lowest BCUT2D eigenvalue weighted by atomic mass is 10.1. The van der Waals surface area contributed by atoms with E-state index >= 15 is 0 Å². The molecule has 2 aromatic rings. The number of anilines is 1. The standard InChI is InChI=1S/C15H13F6NO3S/c1-22(2)11-7-3-6-10-9(11)5-4-8-12(10)26(23,24)25-13(14(16,17)18)15(19,20)21/h3-8,13H,1-2H3. The van der Waals surface area contributed by atoms with Crippen molar-refractivity contribution < 1.29 is 38.9 Å². The largest absolute Gasteiger partial charge is 0.425 e. The van der Waals surface area contributed by atoms with E-state index in [-0.39, 0.29) is 5.39 Å². The van der Waals surface area contributed by atoms with Crippen LogP contribution in [0.25, 0.3) is 10.8 Å². The summed E-state index contributed by atoms with van der Waals surface area (Å²) >= 11 is 0. The molecule has 0 radical (unpaired) electrons. The molecule has 0 aromatic heterocycles.